The number of pyridine rings is 1. The summed E-state index contributed by atoms with van der Waals surface area (Å²) in [5, 5.41) is 13.8. The van der Waals surface area contributed by atoms with Gasteiger partial charge in [0.2, 0.25) is 0 Å². The number of anilines is 1. The first-order valence-corrected chi connectivity index (χ1v) is 9.94. The number of amides is 1. The quantitative estimate of drug-likeness (QED) is 0.458. The first-order chi connectivity index (χ1) is 13.9. The first-order valence-electron chi connectivity index (χ1n) is 8.31. The fourth-order valence-electron chi connectivity index (χ4n) is 2.73. The van der Waals surface area contributed by atoms with Gasteiger partial charge in [-0.25, -0.2) is 9.97 Å². The monoisotopic (exact) mass is 446 g/mol. The molecular formula is C19H12Cl2N4O3S. The van der Waals surface area contributed by atoms with Crippen LogP contribution >= 0.6 is 34.5 Å². The van der Waals surface area contributed by atoms with Crippen molar-refractivity contribution >= 4 is 56.3 Å². The molecular weight excluding hydrogens is 435 g/mol. The Morgan fingerprint density at radius 1 is 1.24 bits per heavy atom. The Morgan fingerprint density at radius 2 is 2.00 bits per heavy atom. The molecule has 1 amide bonds. The molecule has 10 heteroatoms. The average Bonchev–Trinajstić information content (AvgIpc) is 3.12. The molecule has 4 aromatic rings. The lowest BCUT2D eigenvalue weighted by Crippen LogP contribution is -2.22. The molecule has 0 bridgehead atoms. The van der Waals surface area contributed by atoms with Gasteiger partial charge in [-0.3, -0.25) is 14.2 Å². The molecule has 0 unspecified atom stereocenters. The van der Waals surface area contributed by atoms with E-state index >= 15 is 0 Å². The van der Waals surface area contributed by atoms with E-state index in [9.17, 15) is 14.7 Å². The number of fused-ring (bicyclic) bond motifs is 1. The van der Waals surface area contributed by atoms with Gasteiger partial charge in [0.25, 0.3) is 11.5 Å². The lowest BCUT2D eigenvalue weighted by molar-refractivity contribution is 0.102. The molecule has 0 radical (unpaired) electrons. The number of hydrogen-bond donors (Lipinski definition) is 2. The van der Waals surface area contributed by atoms with Gasteiger partial charge in [0.05, 0.1) is 23.6 Å². The normalized spacial score (nSPS) is 11.0. The van der Waals surface area contributed by atoms with E-state index < -0.39 is 11.7 Å². The van der Waals surface area contributed by atoms with Crippen molar-refractivity contribution < 1.29 is 9.90 Å². The van der Waals surface area contributed by atoms with Crippen molar-refractivity contribution in [1.82, 2.24) is 14.5 Å². The van der Waals surface area contributed by atoms with Crippen LogP contribution in [0.2, 0.25) is 10.2 Å². The summed E-state index contributed by atoms with van der Waals surface area (Å²) in [6.45, 7) is 0.358. The second-order valence-electron chi connectivity index (χ2n) is 6.08. The summed E-state index contributed by atoms with van der Waals surface area (Å²) in [5.74, 6) is -1.02. The van der Waals surface area contributed by atoms with Gasteiger partial charge in [-0.2, -0.15) is 0 Å². The highest BCUT2D eigenvalue weighted by Crippen LogP contribution is 2.31. The lowest BCUT2D eigenvalue weighted by Gasteiger charge is -2.08. The highest BCUT2D eigenvalue weighted by atomic mass is 35.5. The van der Waals surface area contributed by atoms with E-state index in [0.29, 0.717) is 22.4 Å². The molecule has 0 atom stereocenters. The molecule has 29 heavy (non-hydrogen) atoms. The van der Waals surface area contributed by atoms with Gasteiger partial charge in [0.15, 0.2) is 10.9 Å². The number of carbonyl (C=O) groups is 1. The van der Waals surface area contributed by atoms with E-state index in [1.807, 2.05) is 30.3 Å². The summed E-state index contributed by atoms with van der Waals surface area (Å²) in [6, 6.07) is 10.7. The van der Waals surface area contributed by atoms with Crippen LogP contribution in [0.5, 0.6) is 5.75 Å². The molecule has 0 fully saturated rings. The lowest BCUT2D eigenvalue weighted by atomic mass is 10.2. The van der Waals surface area contributed by atoms with Gasteiger partial charge in [0.1, 0.15) is 15.9 Å². The van der Waals surface area contributed by atoms with Gasteiger partial charge in [-0.05, 0) is 11.6 Å². The minimum Gasteiger partial charge on any atom is -0.504 e. The Bertz CT molecular complexity index is 1260. The van der Waals surface area contributed by atoms with E-state index in [0.717, 1.165) is 5.56 Å². The standard InChI is InChI=1S/C19H12Cl2N4O3S/c20-11-6-12(23-16(21)15(11)26)17(27)24-13-8-29-18-14(13)19(28)25(9-22-18)7-10-4-2-1-3-5-10/h1-6,8-9,26H,7H2,(H,24,27). The minimum absolute atomic E-state index is 0.0920. The van der Waals surface area contributed by atoms with Crippen LogP contribution in [0.3, 0.4) is 0 Å². The molecule has 0 saturated heterocycles. The van der Waals surface area contributed by atoms with Crippen LogP contribution in [0, 0.1) is 0 Å². The maximum absolute atomic E-state index is 13.0. The zero-order chi connectivity index (χ0) is 20.5. The van der Waals surface area contributed by atoms with Gasteiger partial charge in [-0.1, -0.05) is 53.5 Å². The molecule has 3 heterocycles. The molecule has 0 saturated carbocycles. The van der Waals surface area contributed by atoms with E-state index in [-0.39, 0.29) is 21.4 Å². The van der Waals surface area contributed by atoms with Crippen molar-refractivity contribution in [2.24, 2.45) is 0 Å². The second-order valence-corrected chi connectivity index (χ2v) is 7.70. The van der Waals surface area contributed by atoms with E-state index in [1.165, 1.54) is 28.3 Å². The number of carbonyl (C=O) groups excluding carboxylic acids is 1. The summed E-state index contributed by atoms with van der Waals surface area (Å²) in [5.41, 5.74) is 0.905. The zero-order valence-corrected chi connectivity index (χ0v) is 16.9. The Morgan fingerprint density at radius 3 is 2.72 bits per heavy atom. The van der Waals surface area contributed by atoms with Gasteiger partial charge in [-0.15, -0.1) is 11.3 Å². The molecule has 2 N–H and O–H groups in total. The number of benzene rings is 1. The number of hydrogen-bond acceptors (Lipinski definition) is 6. The van der Waals surface area contributed by atoms with Crippen molar-refractivity contribution in [3.8, 4) is 5.75 Å². The Labute approximate surface area is 178 Å². The minimum atomic E-state index is -0.619. The number of nitrogens with one attached hydrogen (secondary N) is 1. The smallest absolute Gasteiger partial charge is 0.274 e. The SMILES string of the molecule is O=C(Nc1csc2ncn(Cc3ccccc3)c(=O)c12)c1cc(Cl)c(O)c(Cl)n1. The number of aromatic hydroxyl groups is 1. The topological polar surface area (TPSA) is 97.1 Å². The predicted molar refractivity (Wildman–Crippen MR) is 113 cm³/mol. The van der Waals surface area contributed by atoms with Crippen LogP contribution in [0.1, 0.15) is 16.1 Å². The fraction of sp³-hybridized carbons (Fsp3) is 0.0526. The first kappa shape index (κ1) is 19.4. The maximum atomic E-state index is 13.0. The summed E-state index contributed by atoms with van der Waals surface area (Å²) < 4.78 is 1.48. The molecule has 0 aliphatic rings. The number of aromatic nitrogens is 3. The van der Waals surface area contributed by atoms with Gasteiger partial charge >= 0.3 is 0 Å². The van der Waals surface area contributed by atoms with Gasteiger partial charge < -0.3 is 10.4 Å². The highest BCUT2D eigenvalue weighted by molar-refractivity contribution is 7.17. The van der Waals surface area contributed by atoms with Gasteiger partial charge in [0, 0.05) is 5.38 Å². The molecule has 0 spiro atoms. The van der Waals surface area contributed by atoms with Crippen LogP contribution in [-0.2, 0) is 6.54 Å². The molecule has 1 aromatic carbocycles. The van der Waals surface area contributed by atoms with E-state index in [2.05, 4.69) is 15.3 Å². The average molecular weight is 447 g/mol. The third-order valence-electron chi connectivity index (χ3n) is 4.14. The van der Waals surface area contributed by atoms with Crippen molar-refractivity contribution in [3.05, 3.63) is 79.9 Å². The Kier molecular flexibility index (Phi) is 5.23. The summed E-state index contributed by atoms with van der Waals surface area (Å²) in [6.07, 6.45) is 1.49. The van der Waals surface area contributed by atoms with Crippen LogP contribution in [0.15, 0.2) is 52.9 Å². The summed E-state index contributed by atoms with van der Waals surface area (Å²) in [7, 11) is 0. The molecule has 4 rings (SSSR count). The largest absolute Gasteiger partial charge is 0.504 e. The maximum Gasteiger partial charge on any atom is 0.274 e. The number of halogens is 2. The van der Waals surface area contributed by atoms with Crippen LogP contribution in [0.25, 0.3) is 10.2 Å². The van der Waals surface area contributed by atoms with Crippen molar-refractivity contribution in [2.75, 3.05) is 5.32 Å². The fourth-order valence-corrected chi connectivity index (χ4v) is 4.00. The van der Waals surface area contributed by atoms with Crippen LogP contribution in [0.4, 0.5) is 5.69 Å². The number of thiophene rings is 1. The molecule has 7 nitrogen and oxygen atoms in total. The van der Waals surface area contributed by atoms with Crippen molar-refractivity contribution in [2.45, 2.75) is 6.54 Å². The molecule has 0 aliphatic heterocycles. The Balaban J connectivity index is 1.69. The summed E-state index contributed by atoms with van der Waals surface area (Å²) >= 11 is 12.9. The second kappa shape index (κ2) is 7.82. The molecule has 0 aliphatic carbocycles. The highest BCUT2D eigenvalue weighted by Gasteiger charge is 2.18. The van der Waals surface area contributed by atoms with Crippen molar-refractivity contribution in [3.63, 3.8) is 0 Å². The predicted octanol–water partition coefficient (Wildman–Crippen LogP) is 4.17. The summed E-state index contributed by atoms with van der Waals surface area (Å²) in [4.78, 5) is 34.2. The van der Waals surface area contributed by atoms with E-state index in [1.54, 1.807) is 5.38 Å². The number of rotatable bonds is 4. The Hall–Kier alpha value is -2.94. The molecule has 3 aromatic heterocycles. The van der Waals surface area contributed by atoms with Crippen LogP contribution in [-0.4, -0.2) is 25.5 Å². The van der Waals surface area contributed by atoms with E-state index in [4.69, 9.17) is 23.2 Å². The third kappa shape index (κ3) is 3.82. The van der Waals surface area contributed by atoms with Crippen molar-refractivity contribution in [1.29, 1.82) is 0 Å². The molecule has 146 valence electrons. The third-order valence-corrected chi connectivity index (χ3v) is 5.58. The number of nitrogens with zero attached hydrogens (tertiary/aromatic N) is 3. The van der Waals surface area contributed by atoms with Crippen LogP contribution < -0.4 is 10.9 Å². The zero-order valence-electron chi connectivity index (χ0n) is 14.6.